The van der Waals surface area contributed by atoms with Crippen LogP contribution in [0.2, 0.25) is 0 Å². The molecule has 0 unspecified atom stereocenters. The van der Waals surface area contributed by atoms with Crippen molar-refractivity contribution in [3.05, 3.63) is 33.2 Å². The second-order valence-electron chi connectivity index (χ2n) is 4.44. The van der Waals surface area contributed by atoms with Crippen molar-refractivity contribution >= 4 is 0 Å². The van der Waals surface area contributed by atoms with Crippen molar-refractivity contribution in [1.82, 2.24) is 9.47 Å². The van der Waals surface area contributed by atoms with Gasteiger partial charge in [0.15, 0.2) is 0 Å². The van der Waals surface area contributed by atoms with Crippen molar-refractivity contribution in [2.75, 3.05) is 19.6 Å². The highest BCUT2D eigenvalue weighted by molar-refractivity contribution is 5.36. The minimum atomic E-state index is -0.165. The zero-order valence-corrected chi connectivity index (χ0v) is 11.7. The smallest absolute Gasteiger partial charge is 0.268 e. The molecule has 0 aromatic carbocycles. The Morgan fingerprint density at radius 2 is 1.94 bits per heavy atom. The first kappa shape index (κ1) is 14.5. The van der Waals surface area contributed by atoms with Crippen LogP contribution >= 0.6 is 0 Å². The third-order valence-electron chi connectivity index (χ3n) is 3.35. The molecule has 0 aliphatic carbocycles. The van der Waals surface area contributed by atoms with Gasteiger partial charge in [0, 0.05) is 18.8 Å². The predicted octanol–water partition coefficient (Wildman–Crippen LogP) is 1.68. The van der Waals surface area contributed by atoms with Gasteiger partial charge < -0.3 is 9.47 Å². The van der Waals surface area contributed by atoms with Crippen molar-refractivity contribution in [3.63, 3.8) is 0 Å². The molecule has 18 heavy (non-hydrogen) atoms. The van der Waals surface area contributed by atoms with Gasteiger partial charge in [-0.1, -0.05) is 13.8 Å². The van der Waals surface area contributed by atoms with Gasteiger partial charge in [-0.2, -0.15) is 5.26 Å². The SMILES string of the molecule is CCN(CC)CCn1c(C)cc(C)c(C#N)c1=O. The van der Waals surface area contributed by atoms with Gasteiger partial charge in [-0.15, -0.1) is 0 Å². The third-order valence-corrected chi connectivity index (χ3v) is 3.35. The van der Waals surface area contributed by atoms with Crippen LogP contribution in [-0.4, -0.2) is 29.1 Å². The van der Waals surface area contributed by atoms with E-state index < -0.39 is 0 Å². The minimum absolute atomic E-state index is 0.165. The summed E-state index contributed by atoms with van der Waals surface area (Å²) in [6.07, 6.45) is 0. The van der Waals surface area contributed by atoms with E-state index in [1.54, 1.807) is 4.57 Å². The lowest BCUT2D eigenvalue weighted by Crippen LogP contribution is -2.33. The van der Waals surface area contributed by atoms with Gasteiger partial charge >= 0.3 is 0 Å². The maximum atomic E-state index is 12.2. The third kappa shape index (κ3) is 2.99. The van der Waals surface area contributed by atoms with Crippen LogP contribution in [-0.2, 0) is 6.54 Å². The molecule has 1 aromatic heterocycles. The molecule has 0 atom stereocenters. The lowest BCUT2D eigenvalue weighted by atomic mass is 10.1. The number of aryl methyl sites for hydroxylation is 2. The molecule has 4 nitrogen and oxygen atoms in total. The summed E-state index contributed by atoms with van der Waals surface area (Å²) in [6, 6.07) is 3.90. The van der Waals surface area contributed by atoms with E-state index in [-0.39, 0.29) is 11.1 Å². The predicted molar refractivity (Wildman–Crippen MR) is 72.7 cm³/mol. The van der Waals surface area contributed by atoms with Crippen molar-refractivity contribution < 1.29 is 0 Å². The van der Waals surface area contributed by atoms with Gasteiger partial charge in [0.2, 0.25) is 0 Å². The van der Waals surface area contributed by atoms with E-state index in [9.17, 15) is 4.79 Å². The van der Waals surface area contributed by atoms with Crippen molar-refractivity contribution in [1.29, 1.82) is 5.26 Å². The summed E-state index contributed by atoms with van der Waals surface area (Å²) < 4.78 is 1.70. The summed E-state index contributed by atoms with van der Waals surface area (Å²) in [7, 11) is 0. The Balaban J connectivity index is 3.04. The first-order chi connectivity index (χ1) is 8.54. The highest BCUT2D eigenvalue weighted by atomic mass is 16.1. The highest BCUT2D eigenvalue weighted by Crippen LogP contribution is 2.05. The number of likely N-dealkylation sites (N-methyl/N-ethyl adjacent to an activating group) is 1. The summed E-state index contributed by atoms with van der Waals surface area (Å²) in [4.78, 5) is 14.4. The molecular weight excluding hydrogens is 226 g/mol. The Bertz CT molecular complexity index is 507. The largest absolute Gasteiger partial charge is 0.311 e. The van der Waals surface area contributed by atoms with Gasteiger partial charge in [-0.05, 0) is 38.6 Å². The maximum absolute atomic E-state index is 12.2. The fourth-order valence-corrected chi connectivity index (χ4v) is 2.12. The number of rotatable bonds is 5. The van der Waals surface area contributed by atoms with Crippen LogP contribution in [0.4, 0.5) is 0 Å². The summed E-state index contributed by atoms with van der Waals surface area (Å²) in [6.45, 7) is 11.4. The van der Waals surface area contributed by atoms with Crippen LogP contribution in [0.5, 0.6) is 0 Å². The number of nitrogens with zero attached hydrogens (tertiary/aromatic N) is 3. The zero-order chi connectivity index (χ0) is 13.7. The van der Waals surface area contributed by atoms with Crippen LogP contribution in [0.1, 0.15) is 30.7 Å². The van der Waals surface area contributed by atoms with E-state index in [4.69, 9.17) is 5.26 Å². The van der Waals surface area contributed by atoms with Crippen molar-refractivity contribution in [3.8, 4) is 6.07 Å². The molecule has 1 heterocycles. The Morgan fingerprint density at radius 1 is 1.33 bits per heavy atom. The topological polar surface area (TPSA) is 49.0 Å². The summed E-state index contributed by atoms with van der Waals surface area (Å²) in [5, 5.41) is 9.01. The number of hydrogen-bond acceptors (Lipinski definition) is 3. The van der Waals surface area contributed by atoms with Gasteiger partial charge in [0.25, 0.3) is 5.56 Å². The molecule has 0 saturated heterocycles. The quantitative estimate of drug-likeness (QED) is 0.795. The van der Waals surface area contributed by atoms with Crippen molar-refractivity contribution in [2.45, 2.75) is 34.2 Å². The standard InChI is InChI=1S/C14H21N3O/c1-5-16(6-2)7-8-17-12(4)9-11(3)13(10-15)14(17)18/h9H,5-8H2,1-4H3. The average Bonchev–Trinajstić information content (AvgIpc) is 2.34. The van der Waals surface area contributed by atoms with E-state index in [2.05, 4.69) is 18.7 Å². The minimum Gasteiger partial charge on any atom is -0.311 e. The maximum Gasteiger partial charge on any atom is 0.268 e. The molecule has 0 fully saturated rings. The number of pyridine rings is 1. The monoisotopic (exact) mass is 247 g/mol. The van der Waals surface area contributed by atoms with Gasteiger partial charge in [0.1, 0.15) is 11.6 Å². The molecule has 0 amide bonds. The fraction of sp³-hybridized carbons (Fsp3) is 0.571. The summed E-state index contributed by atoms with van der Waals surface area (Å²) >= 11 is 0. The average molecular weight is 247 g/mol. The Kier molecular flexibility index (Phi) is 5.11. The van der Waals surface area contributed by atoms with Crippen LogP contribution in [0.15, 0.2) is 10.9 Å². The van der Waals surface area contributed by atoms with E-state index in [1.165, 1.54) is 0 Å². The number of nitriles is 1. The molecule has 0 aliphatic rings. The second kappa shape index (κ2) is 6.36. The van der Waals surface area contributed by atoms with E-state index in [0.717, 1.165) is 30.9 Å². The van der Waals surface area contributed by atoms with Gasteiger partial charge in [-0.3, -0.25) is 4.79 Å². The molecular formula is C14H21N3O. The molecule has 0 aliphatic heterocycles. The molecule has 4 heteroatoms. The number of hydrogen-bond donors (Lipinski definition) is 0. The van der Waals surface area contributed by atoms with Gasteiger partial charge in [-0.25, -0.2) is 0 Å². The van der Waals surface area contributed by atoms with Crippen LogP contribution in [0, 0.1) is 25.2 Å². The molecule has 98 valence electrons. The zero-order valence-electron chi connectivity index (χ0n) is 11.7. The molecule has 1 rings (SSSR count). The van der Waals surface area contributed by atoms with E-state index >= 15 is 0 Å². The molecule has 0 bridgehead atoms. The fourth-order valence-electron chi connectivity index (χ4n) is 2.12. The van der Waals surface area contributed by atoms with Crippen molar-refractivity contribution in [2.24, 2.45) is 0 Å². The lowest BCUT2D eigenvalue weighted by Gasteiger charge is -2.20. The number of aromatic nitrogens is 1. The van der Waals surface area contributed by atoms with Gasteiger partial charge in [0.05, 0.1) is 0 Å². The van der Waals surface area contributed by atoms with Crippen LogP contribution in [0.25, 0.3) is 0 Å². The Labute approximate surface area is 108 Å². The van der Waals surface area contributed by atoms with E-state index in [1.807, 2.05) is 26.0 Å². The molecule has 0 N–H and O–H groups in total. The normalized spacial score (nSPS) is 10.7. The molecule has 1 aromatic rings. The first-order valence-electron chi connectivity index (χ1n) is 6.38. The first-order valence-corrected chi connectivity index (χ1v) is 6.38. The summed E-state index contributed by atoms with van der Waals surface area (Å²) in [5.41, 5.74) is 1.78. The van der Waals surface area contributed by atoms with E-state index in [0.29, 0.717) is 6.54 Å². The van der Waals surface area contributed by atoms with Crippen LogP contribution in [0.3, 0.4) is 0 Å². The lowest BCUT2D eigenvalue weighted by molar-refractivity contribution is 0.288. The summed E-state index contributed by atoms with van der Waals surface area (Å²) in [5.74, 6) is 0. The van der Waals surface area contributed by atoms with Crippen LogP contribution < -0.4 is 5.56 Å². The molecule has 0 radical (unpaired) electrons. The Hall–Kier alpha value is -1.60. The second-order valence-corrected chi connectivity index (χ2v) is 4.44. The highest BCUT2D eigenvalue weighted by Gasteiger charge is 2.10. The molecule has 0 spiro atoms. The Morgan fingerprint density at radius 3 is 2.44 bits per heavy atom. The molecule has 0 saturated carbocycles.